The van der Waals surface area contributed by atoms with Crippen molar-refractivity contribution in [1.29, 1.82) is 0 Å². The number of rotatable bonds is 2. The molecule has 2 unspecified atom stereocenters. The Morgan fingerprint density at radius 1 is 1.47 bits per heavy atom. The van der Waals surface area contributed by atoms with E-state index >= 15 is 0 Å². The van der Waals surface area contributed by atoms with Crippen molar-refractivity contribution in [3.05, 3.63) is 35.6 Å². The SMILES string of the molecule is NC(c1ccccc1F)C1COCCN1. The lowest BCUT2D eigenvalue weighted by atomic mass is 9.99. The van der Waals surface area contributed by atoms with Gasteiger partial charge in [-0.1, -0.05) is 18.2 Å². The molecule has 2 rings (SSSR count). The van der Waals surface area contributed by atoms with E-state index in [2.05, 4.69) is 5.32 Å². The number of halogens is 1. The van der Waals surface area contributed by atoms with Crippen LogP contribution < -0.4 is 11.1 Å². The lowest BCUT2D eigenvalue weighted by Crippen LogP contribution is -2.47. The summed E-state index contributed by atoms with van der Waals surface area (Å²) in [6.07, 6.45) is 0. The quantitative estimate of drug-likeness (QED) is 0.759. The van der Waals surface area contributed by atoms with Gasteiger partial charge in [0.1, 0.15) is 5.82 Å². The minimum absolute atomic E-state index is 0.00403. The highest BCUT2D eigenvalue weighted by atomic mass is 19.1. The third kappa shape index (κ3) is 2.34. The maximum atomic E-state index is 13.4. The molecule has 1 fully saturated rings. The van der Waals surface area contributed by atoms with Gasteiger partial charge >= 0.3 is 0 Å². The van der Waals surface area contributed by atoms with Gasteiger partial charge in [-0.05, 0) is 6.07 Å². The van der Waals surface area contributed by atoms with Crippen molar-refractivity contribution in [2.45, 2.75) is 12.1 Å². The third-order valence-electron chi connectivity index (χ3n) is 2.65. The fraction of sp³-hybridized carbons (Fsp3) is 0.455. The van der Waals surface area contributed by atoms with Crippen LogP contribution in [0.15, 0.2) is 24.3 Å². The molecule has 0 spiro atoms. The van der Waals surface area contributed by atoms with E-state index in [0.717, 1.165) is 6.54 Å². The van der Waals surface area contributed by atoms with E-state index in [-0.39, 0.29) is 17.9 Å². The summed E-state index contributed by atoms with van der Waals surface area (Å²) in [7, 11) is 0. The molecule has 1 saturated heterocycles. The first kappa shape index (κ1) is 10.5. The first-order chi connectivity index (χ1) is 7.29. The minimum atomic E-state index is -0.355. The van der Waals surface area contributed by atoms with Gasteiger partial charge in [-0.2, -0.15) is 0 Å². The summed E-state index contributed by atoms with van der Waals surface area (Å²) in [5.74, 6) is -0.252. The Morgan fingerprint density at radius 2 is 2.27 bits per heavy atom. The van der Waals surface area contributed by atoms with Crippen molar-refractivity contribution in [3.8, 4) is 0 Å². The highest BCUT2D eigenvalue weighted by Gasteiger charge is 2.23. The van der Waals surface area contributed by atoms with Crippen LogP contribution in [0.3, 0.4) is 0 Å². The number of benzene rings is 1. The summed E-state index contributed by atoms with van der Waals surface area (Å²) in [5, 5.41) is 3.23. The third-order valence-corrected chi connectivity index (χ3v) is 2.65. The van der Waals surface area contributed by atoms with E-state index in [9.17, 15) is 4.39 Å². The zero-order valence-electron chi connectivity index (χ0n) is 8.45. The average Bonchev–Trinajstić information content (AvgIpc) is 2.30. The van der Waals surface area contributed by atoms with E-state index in [1.165, 1.54) is 6.07 Å². The summed E-state index contributed by atoms with van der Waals surface area (Å²) < 4.78 is 18.7. The summed E-state index contributed by atoms with van der Waals surface area (Å²) in [4.78, 5) is 0. The maximum absolute atomic E-state index is 13.4. The van der Waals surface area contributed by atoms with Gasteiger partial charge in [-0.15, -0.1) is 0 Å². The molecule has 4 heteroatoms. The minimum Gasteiger partial charge on any atom is -0.378 e. The molecule has 0 saturated carbocycles. The molecule has 0 aliphatic carbocycles. The Kier molecular flexibility index (Phi) is 3.30. The summed E-state index contributed by atoms with van der Waals surface area (Å²) in [6.45, 7) is 2.00. The van der Waals surface area contributed by atoms with Crippen LogP contribution in [0, 0.1) is 5.82 Å². The number of hydrogen-bond donors (Lipinski definition) is 2. The molecule has 0 radical (unpaired) electrons. The van der Waals surface area contributed by atoms with Gasteiger partial charge < -0.3 is 15.8 Å². The molecule has 15 heavy (non-hydrogen) atoms. The lowest BCUT2D eigenvalue weighted by molar-refractivity contribution is 0.0681. The molecule has 2 atom stereocenters. The Balaban J connectivity index is 2.12. The van der Waals surface area contributed by atoms with Gasteiger partial charge in [0, 0.05) is 18.2 Å². The molecule has 1 aliphatic heterocycles. The van der Waals surface area contributed by atoms with Crippen molar-refractivity contribution in [3.63, 3.8) is 0 Å². The van der Waals surface area contributed by atoms with Gasteiger partial charge in [0.2, 0.25) is 0 Å². The van der Waals surface area contributed by atoms with Crippen molar-refractivity contribution in [2.75, 3.05) is 19.8 Å². The molecule has 0 amide bonds. The molecule has 1 heterocycles. The molecule has 3 nitrogen and oxygen atoms in total. The normalized spacial score (nSPS) is 23.7. The van der Waals surface area contributed by atoms with Gasteiger partial charge in [0.15, 0.2) is 0 Å². The van der Waals surface area contributed by atoms with Crippen molar-refractivity contribution in [1.82, 2.24) is 5.32 Å². The van der Waals surface area contributed by atoms with Crippen LogP contribution in [0.25, 0.3) is 0 Å². The molecule has 3 N–H and O–H groups in total. The molecule has 1 aromatic carbocycles. The van der Waals surface area contributed by atoms with Crippen LogP contribution in [0.2, 0.25) is 0 Å². The molecule has 1 aliphatic rings. The largest absolute Gasteiger partial charge is 0.378 e. The van der Waals surface area contributed by atoms with Crippen LogP contribution in [0.4, 0.5) is 4.39 Å². The Labute approximate surface area is 88.4 Å². The molecule has 82 valence electrons. The molecule has 1 aromatic rings. The lowest BCUT2D eigenvalue weighted by Gasteiger charge is -2.29. The van der Waals surface area contributed by atoms with Crippen LogP contribution in [-0.2, 0) is 4.74 Å². The summed E-state index contributed by atoms with van der Waals surface area (Å²) >= 11 is 0. The number of morpholine rings is 1. The van der Waals surface area contributed by atoms with Gasteiger partial charge in [0.05, 0.1) is 19.3 Å². The smallest absolute Gasteiger partial charge is 0.128 e. The zero-order chi connectivity index (χ0) is 10.7. The highest BCUT2D eigenvalue weighted by Crippen LogP contribution is 2.18. The molecular formula is C11H15FN2O. The zero-order valence-corrected chi connectivity index (χ0v) is 8.45. The number of nitrogens with two attached hydrogens (primary N) is 1. The molecule has 0 bridgehead atoms. The Bertz CT molecular complexity index is 326. The second-order valence-electron chi connectivity index (χ2n) is 3.68. The van der Waals surface area contributed by atoms with Crippen molar-refractivity contribution >= 4 is 0 Å². The van der Waals surface area contributed by atoms with E-state index in [4.69, 9.17) is 10.5 Å². The van der Waals surface area contributed by atoms with Crippen LogP contribution in [-0.4, -0.2) is 25.8 Å². The van der Waals surface area contributed by atoms with Crippen molar-refractivity contribution in [2.24, 2.45) is 5.73 Å². The monoisotopic (exact) mass is 210 g/mol. The first-order valence-corrected chi connectivity index (χ1v) is 5.10. The summed E-state index contributed by atoms with van der Waals surface area (Å²) in [6, 6.07) is 6.25. The predicted octanol–water partition coefficient (Wildman–Crippen LogP) is 0.814. The number of nitrogens with one attached hydrogen (secondary N) is 1. The standard InChI is InChI=1S/C11H15FN2O/c12-9-4-2-1-3-8(9)11(13)10-7-15-6-5-14-10/h1-4,10-11,14H,5-7,13H2. The average molecular weight is 210 g/mol. The van der Waals surface area contributed by atoms with Crippen LogP contribution in [0.1, 0.15) is 11.6 Å². The van der Waals surface area contributed by atoms with E-state index < -0.39 is 0 Å². The predicted molar refractivity (Wildman–Crippen MR) is 55.9 cm³/mol. The van der Waals surface area contributed by atoms with Gasteiger partial charge in [-0.3, -0.25) is 0 Å². The highest BCUT2D eigenvalue weighted by molar-refractivity contribution is 5.22. The van der Waals surface area contributed by atoms with E-state index in [1.807, 2.05) is 0 Å². The number of ether oxygens (including phenoxy) is 1. The topological polar surface area (TPSA) is 47.3 Å². The molecule has 0 aromatic heterocycles. The Morgan fingerprint density at radius 3 is 2.93 bits per heavy atom. The van der Waals surface area contributed by atoms with Crippen molar-refractivity contribution < 1.29 is 9.13 Å². The first-order valence-electron chi connectivity index (χ1n) is 5.10. The van der Waals surface area contributed by atoms with E-state index in [1.54, 1.807) is 18.2 Å². The van der Waals surface area contributed by atoms with Gasteiger partial charge in [-0.25, -0.2) is 4.39 Å². The molecular weight excluding hydrogens is 195 g/mol. The number of hydrogen-bond acceptors (Lipinski definition) is 3. The fourth-order valence-electron chi connectivity index (χ4n) is 1.78. The van der Waals surface area contributed by atoms with Gasteiger partial charge in [0.25, 0.3) is 0 Å². The van der Waals surface area contributed by atoms with Crippen LogP contribution >= 0.6 is 0 Å². The second kappa shape index (κ2) is 4.70. The Hall–Kier alpha value is -0.970. The maximum Gasteiger partial charge on any atom is 0.128 e. The van der Waals surface area contributed by atoms with Crippen LogP contribution in [0.5, 0.6) is 0 Å². The fourth-order valence-corrected chi connectivity index (χ4v) is 1.78. The van der Waals surface area contributed by atoms with E-state index in [0.29, 0.717) is 18.8 Å². The second-order valence-corrected chi connectivity index (χ2v) is 3.68. The summed E-state index contributed by atoms with van der Waals surface area (Å²) in [5.41, 5.74) is 6.53.